The van der Waals surface area contributed by atoms with Crippen LogP contribution in [0.1, 0.15) is 41.2 Å². The summed E-state index contributed by atoms with van der Waals surface area (Å²) in [5.74, 6) is -0.170. The number of hydrogen-bond acceptors (Lipinski definition) is 4. The lowest BCUT2D eigenvalue weighted by molar-refractivity contribution is -0.840. The zero-order chi connectivity index (χ0) is 18.6. The first-order chi connectivity index (χ1) is 12.5. The largest absolute Gasteiger partial charge is 0.334 e. The van der Waals surface area contributed by atoms with Gasteiger partial charge in [0.05, 0.1) is 20.1 Å². The van der Waals surface area contributed by atoms with E-state index in [2.05, 4.69) is 10.3 Å². The summed E-state index contributed by atoms with van der Waals surface area (Å²) in [4.78, 5) is 29.1. The summed E-state index contributed by atoms with van der Waals surface area (Å²) >= 11 is 0. The number of aromatic nitrogens is 1. The molecule has 1 atom stereocenters. The number of carbonyl (C=O) groups excluding carboxylic acids is 2. The number of piperidine rings is 1. The Kier molecular flexibility index (Phi) is 5.44. The minimum atomic E-state index is -0.671. The topological polar surface area (TPSA) is 85.1 Å². The van der Waals surface area contributed by atoms with Crippen LogP contribution in [0, 0.1) is 0 Å². The van der Waals surface area contributed by atoms with Crippen molar-refractivity contribution in [2.75, 3.05) is 25.5 Å². The number of likely N-dealkylation sites (N-methyl/N-ethyl adjacent to an activating group) is 1. The fraction of sp³-hybridized carbons (Fsp3) is 0.350. The van der Waals surface area contributed by atoms with Crippen LogP contribution >= 0.6 is 0 Å². The first-order valence-corrected chi connectivity index (χ1v) is 8.95. The number of benzene rings is 1. The first-order valence-electron chi connectivity index (χ1n) is 8.95. The number of rotatable bonds is 4. The Morgan fingerprint density at radius 2 is 1.65 bits per heavy atom. The van der Waals surface area contributed by atoms with Gasteiger partial charge in [0.25, 0.3) is 5.91 Å². The third kappa shape index (κ3) is 3.98. The Bertz CT molecular complexity index is 768. The van der Waals surface area contributed by atoms with Crippen molar-refractivity contribution in [3.8, 4) is 0 Å². The second-order valence-corrected chi connectivity index (χ2v) is 7.03. The Labute approximate surface area is 153 Å². The van der Waals surface area contributed by atoms with Crippen LogP contribution < -0.4 is 11.1 Å². The van der Waals surface area contributed by atoms with Gasteiger partial charge in [0, 0.05) is 23.6 Å². The molecule has 1 aliphatic rings. The summed E-state index contributed by atoms with van der Waals surface area (Å²) in [5, 5.41) is 2.81. The summed E-state index contributed by atoms with van der Waals surface area (Å²) < 4.78 is 0.394. The molecule has 0 saturated carbocycles. The highest BCUT2D eigenvalue weighted by molar-refractivity contribution is 6.04. The minimum Gasteiger partial charge on any atom is -0.322 e. The molecule has 1 aromatic carbocycles. The highest BCUT2D eigenvalue weighted by Crippen LogP contribution is 2.23. The van der Waals surface area contributed by atoms with Gasteiger partial charge in [-0.1, -0.05) is 12.1 Å². The lowest BCUT2D eigenvalue weighted by Crippen LogP contribution is -2.55. The Hall–Kier alpha value is -2.57. The second-order valence-electron chi connectivity index (χ2n) is 7.03. The molecule has 0 spiro atoms. The van der Waals surface area contributed by atoms with E-state index in [0.717, 1.165) is 31.5 Å². The van der Waals surface area contributed by atoms with Gasteiger partial charge in [-0.3, -0.25) is 14.3 Å². The van der Waals surface area contributed by atoms with Gasteiger partial charge < -0.3 is 11.1 Å². The molecule has 1 fully saturated rings. The van der Waals surface area contributed by atoms with E-state index in [-0.39, 0.29) is 11.8 Å². The number of pyridine rings is 1. The van der Waals surface area contributed by atoms with Gasteiger partial charge in [-0.2, -0.15) is 0 Å². The lowest BCUT2D eigenvalue weighted by Gasteiger charge is -2.36. The molecule has 3 N–H and O–H groups in total. The zero-order valence-electron chi connectivity index (χ0n) is 15.0. The molecule has 2 amide bonds. The van der Waals surface area contributed by atoms with E-state index in [1.165, 1.54) is 6.42 Å². The summed E-state index contributed by atoms with van der Waals surface area (Å²) in [5.41, 5.74) is 8.17. The van der Waals surface area contributed by atoms with Crippen LogP contribution in [0.2, 0.25) is 0 Å². The Balaban J connectivity index is 1.68. The van der Waals surface area contributed by atoms with Crippen molar-refractivity contribution in [1.29, 1.82) is 0 Å². The van der Waals surface area contributed by atoms with Gasteiger partial charge in [0.1, 0.15) is 6.04 Å². The molecule has 1 unspecified atom stereocenters. The molecule has 0 aliphatic carbocycles. The van der Waals surface area contributed by atoms with Crippen LogP contribution in [0.3, 0.4) is 0 Å². The van der Waals surface area contributed by atoms with Crippen molar-refractivity contribution in [2.45, 2.75) is 25.3 Å². The number of nitrogens with two attached hydrogens (primary N) is 1. The summed E-state index contributed by atoms with van der Waals surface area (Å²) in [6.45, 7) is 1.69. The molecular weight excluding hydrogens is 328 g/mol. The van der Waals surface area contributed by atoms with E-state index in [9.17, 15) is 9.59 Å². The summed E-state index contributed by atoms with van der Waals surface area (Å²) in [6, 6.07) is 9.72. The minimum absolute atomic E-state index is 0.0405. The maximum Gasteiger partial charge on any atom is 0.334 e. The fourth-order valence-corrected chi connectivity index (χ4v) is 3.39. The van der Waals surface area contributed by atoms with Gasteiger partial charge in [-0.05, 0) is 49.1 Å². The number of anilines is 1. The van der Waals surface area contributed by atoms with E-state index in [1.54, 1.807) is 48.8 Å². The van der Waals surface area contributed by atoms with Gasteiger partial charge in [-0.15, -0.1) is 0 Å². The number of nitrogens with one attached hydrogen (secondary N) is 1. The summed E-state index contributed by atoms with van der Waals surface area (Å²) in [6.07, 6.45) is 6.53. The molecular formula is C20H25N4O2+. The molecule has 3 rings (SSSR count). The first kappa shape index (κ1) is 18.2. The van der Waals surface area contributed by atoms with Gasteiger partial charge in [0.2, 0.25) is 0 Å². The van der Waals surface area contributed by atoms with Crippen LogP contribution in [0.25, 0.3) is 0 Å². The smallest absolute Gasteiger partial charge is 0.322 e. The van der Waals surface area contributed by atoms with Crippen LogP contribution in [0.5, 0.6) is 0 Å². The SMILES string of the molecule is C[N+]1(C(=O)C(N)c2ccc(C(=O)Nc3ccncc3)cc2)CCCCC1. The number of quaternary nitrogens is 1. The third-order valence-electron chi connectivity index (χ3n) is 5.07. The van der Waals surface area contributed by atoms with E-state index >= 15 is 0 Å². The van der Waals surface area contributed by atoms with E-state index in [4.69, 9.17) is 5.73 Å². The molecule has 2 heterocycles. The molecule has 6 heteroatoms. The zero-order valence-corrected chi connectivity index (χ0v) is 15.0. The van der Waals surface area contributed by atoms with E-state index < -0.39 is 6.04 Å². The Morgan fingerprint density at radius 3 is 2.27 bits per heavy atom. The molecule has 6 nitrogen and oxygen atoms in total. The Morgan fingerprint density at radius 1 is 1.04 bits per heavy atom. The van der Waals surface area contributed by atoms with E-state index in [1.807, 2.05) is 7.05 Å². The van der Waals surface area contributed by atoms with Gasteiger partial charge in [-0.25, -0.2) is 4.79 Å². The van der Waals surface area contributed by atoms with Crippen LogP contribution in [0.15, 0.2) is 48.8 Å². The van der Waals surface area contributed by atoms with Crippen molar-refractivity contribution in [3.63, 3.8) is 0 Å². The lowest BCUT2D eigenvalue weighted by atomic mass is 10.0. The number of hydrogen-bond donors (Lipinski definition) is 2. The molecule has 1 aliphatic heterocycles. The third-order valence-corrected chi connectivity index (χ3v) is 5.07. The van der Waals surface area contributed by atoms with Crippen molar-refractivity contribution in [2.24, 2.45) is 5.73 Å². The molecule has 136 valence electrons. The van der Waals surface area contributed by atoms with Crippen molar-refractivity contribution in [1.82, 2.24) is 4.98 Å². The van der Waals surface area contributed by atoms with E-state index in [0.29, 0.717) is 15.7 Å². The van der Waals surface area contributed by atoms with Gasteiger partial charge >= 0.3 is 5.91 Å². The van der Waals surface area contributed by atoms with Crippen molar-refractivity contribution in [3.05, 3.63) is 59.9 Å². The normalized spacial score (nSPS) is 17.3. The van der Waals surface area contributed by atoms with Crippen molar-refractivity contribution >= 4 is 17.5 Å². The average Bonchev–Trinajstić information content (AvgIpc) is 2.68. The van der Waals surface area contributed by atoms with Crippen LogP contribution in [-0.4, -0.2) is 41.4 Å². The highest BCUT2D eigenvalue weighted by Gasteiger charge is 2.37. The average molecular weight is 353 g/mol. The second kappa shape index (κ2) is 7.76. The molecule has 2 aromatic rings. The van der Waals surface area contributed by atoms with Gasteiger partial charge in [0.15, 0.2) is 0 Å². The maximum absolute atomic E-state index is 12.8. The van der Waals surface area contributed by atoms with Crippen LogP contribution in [-0.2, 0) is 4.79 Å². The molecule has 1 aromatic heterocycles. The fourth-order valence-electron chi connectivity index (χ4n) is 3.39. The quantitative estimate of drug-likeness (QED) is 0.827. The standard InChI is InChI=1S/C20H24N4O2/c1-24(13-3-2-4-14-24)20(26)18(21)15-5-7-16(8-6-15)19(25)23-17-9-11-22-12-10-17/h5-12,18H,2-4,13-14,21H2,1H3/p+1. The highest BCUT2D eigenvalue weighted by atomic mass is 16.2. The predicted molar refractivity (Wildman–Crippen MR) is 100 cm³/mol. The molecule has 0 radical (unpaired) electrons. The molecule has 0 bridgehead atoms. The van der Waals surface area contributed by atoms with Crippen molar-refractivity contribution < 1.29 is 14.1 Å². The number of likely N-dealkylation sites (tertiary alicyclic amines) is 1. The monoisotopic (exact) mass is 353 g/mol. The van der Waals surface area contributed by atoms with Crippen LogP contribution in [0.4, 0.5) is 5.69 Å². The summed E-state index contributed by atoms with van der Waals surface area (Å²) in [7, 11) is 1.97. The number of carbonyl (C=O) groups is 2. The molecule has 26 heavy (non-hydrogen) atoms. The number of amides is 2. The molecule has 1 saturated heterocycles. The number of nitrogens with zero attached hydrogens (tertiary/aromatic N) is 2. The predicted octanol–water partition coefficient (Wildman–Crippen LogP) is 2.49. The maximum atomic E-state index is 12.8.